The van der Waals surface area contributed by atoms with Crippen LogP contribution >= 0.6 is 11.8 Å². The van der Waals surface area contributed by atoms with E-state index in [0.717, 1.165) is 11.3 Å². The monoisotopic (exact) mass is 359 g/mol. The first kappa shape index (κ1) is 15.2. The van der Waals surface area contributed by atoms with Crippen LogP contribution < -0.4 is 4.74 Å². The number of rotatable bonds is 3. The van der Waals surface area contributed by atoms with Crippen LogP contribution in [0.2, 0.25) is 0 Å². The van der Waals surface area contributed by atoms with Gasteiger partial charge in [0, 0.05) is 24.2 Å². The molecule has 2 aromatic rings. The molecule has 6 nitrogen and oxygen atoms in total. The molecule has 122 valence electrons. The minimum absolute atomic E-state index is 0.0370. The third kappa shape index (κ3) is 3.02. The van der Waals surface area contributed by atoms with Crippen molar-refractivity contribution >= 4 is 32.6 Å². The Morgan fingerprint density at radius 1 is 1.12 bits per heavy atom. The van der Waals surface area contributed by atoms with E-state index in [9.17, 15) is 8.42 Å². The lowest BCUT2D eigenvalue weighted by Crippen LogP contribution is -2.34. The molecule has 0 saturated heterocycles. The highest BCUT2D eigenvalue weighted by Gasteiger charge is 2.31. The van der Waals surface area contributed by atoms with E-state index in [1.807, 2.05) is 46.7 Å². The van der Waals surface area contributed by atoms with Crippen LogP contribution in [0.1, 0.15) is 5.56 Å². The standard InChI is InChI=1S/C16H13N3O3S2/c20-24(21)10-9-19-14(11-23-16(19)18-24)12-4-6-13(7-5-12)22-15-3-1-2-8-17-15/h1-8,11H,9-10H2. The summed E-state index contributed by atoms with van der Waals surface area (Å²) in [7, 11) is -3.32. The Morgan fingerprint density at radius 2 is 1.96 bits per heavy atom. The van der Waals surface area contributed by atoms with Gasteiger partial charge in [-0.1, -0.05) is 17.8 Å². The molecule has 0 atom stereocenters. The quantitative estimate of drug-likeness (QED) is 0.839. The van der Waals surface area contributed by atoms with Gasteiger partial charge in [-0.3, -0.25) is 0 Å². The summed E-state index contributed by atoms with van der Waals surface area (Å²) in [5.41, 5.74) is 1.94. The zero-order valence-electron chi connectivity index (χ0n) is 12.5. The highest BCUT2D eigenvalue weighted by molar-refractivity contribution is 8.17. The summed E-state index contributed by atoms with van der Waals surface area (Å²) in [4.78, 5) is 6.05. The predicted molar refractivity (Wildman–Crippen MR) is 94.2 cm³/mol. The maximum absolute atomic E-state index is 11.6. The average molecular weight is 359 g/mol. The highest BCUT2D eigenvalue weighted by atomic mass is 32.2. The molecule has 0 aliphatic carbocycles. The molecule has 0 saturated carbocycles. The first-order valence-corrected chi connectivity index (χ1v) is 9.76. The van der Waals surface area contributed by atoms with Crippen LogP contribution in [0, 0.1) is 0 Å². The first-order valence-electron chi connectivity index (χ1n) is 7.27. The molecule has 3 heterocycles. The molecule has 0 fully saturated rings. The van der Waals surface area contributed by atoms with Crippen molar-refractivity contribution in [1.82, 2.24) is 9.88 Å². The van der Waals surface area contributed by atoms with Crippen molar-refractivity contribution in [2.45, 2.75) is 0 Å². The van der Waals surface area contributed by atoms with E-state index in [2.05, 4.69) is 9.38 Å². The van der Waals surface area contributed by atoms with Crippen LogP contribution in [0.4, 0.5) is 0 Å². The maximum atomic E-state index is 11.6. The van der Waals surface area contributed by atoms with Crippen LogP contribution in [0.3, 0.4) is 0 Å². The molecule has 0 spiro atoms. The average Bonchev–Trinajstić information content (AvgIpc) is 2.98. The van der Waals surface area contributed by atoms with Gasteiger partial charge in [0.05, 0.1) is 11.4 Å². The van der Waals surface area contributed by atoms with Crippen LogP contribution in [-0.2, 0) is 10.0 Å². The topological polar surface area (TPSA) is 71.9 Å². The molecule has 2 aliphatic rings. The zero-order valence-corrected chi connectivity index (χ0v) is 14.1. The van der Waals surface area contributed by atoms with Crippen molar-refractivity contribution in [3.63, 3.8) is 0 Å². The molecule has 0 radical (unpaired) electrons. The van der Waals surface area contributed by atoms with Crippen molar-refractivity contribution in [3.8, 4) is 11.6 Å². The van der Waals surface area contributed by atoms with E-state index < -0.39 is 10.0 Å². The van der Waals surface area contributed by atoms with Gasteiger partial charge in [-0.15, -0.1) is 4.40 Å². The van der Waals surface area contributed by atoms with Gasteiger partial charge in [-0.05, 0) is 35.9 Å². The summed E-state index contributed by atoms with van der Waals surface area (Å²) in [6.45, 7) is 0.423. The number of thioether (sulfide) groups is 1. The Balaban J connectivity index is 1.54. The Bertz CT molecular complexity index is 923. The molecule has 4 rings (SSSR count). The van der Waals surface area contributed by atoms with Crippen molar-refractivity contribution in [1.29, 1.82) is 0 Å². The Hall–Kier alpha value is -2.32. The van der Waals surface area contributed by atoms with E-state index in [0.29, 0.717) is 23.3 Å². The van der Waals surface area contributed by atoms with Crippen molar-refractivity contribution in [2.24, 2.45) is 4.40 Å². The Kier molecular flexibility index (Phi) is 3.78. The number of nitrogens with zero attached hydrogens (tertiary/aromatic N) is 3. The molecule has 0 amide bonds. The molecule has 2 aliphatic heterocycles. The summed E-state index contributed by atoms with van der Waals surface area (Å²) >= 11 is 1.33. The summed E-state index contributed by atoms with van der Waals surface area (Å²) in [6, 6.07) is 13.1. The minimum atomic E-state index is -3.32. The summed E-state index contributed by atoms with van der Waals surface area (Å²) in [5.74, 6) is 1.27. The fourth-order valence-corrected chi connectivity index (χ4v) is 4.59. The molecule has 8 heteroatoms. The maximum Gasteiger partial charge on any atom is 0.257 e. The normalized spacial score (nSPS) is 18.6. The van der Waals surface area contributed by atoms with Gasteiger partial charge in [0.15, 0.2) is 5.17 Å². The number of hydrogen-bond donors (Lipinski definition) is 0. The van der Waals surface area contributed by atoms with Crippen molar-refractivity contribution in [2.75, 3.05) is 12.3 Å². The van der Waals surface area contributed by atoms with E-state index in [4.69, 9.17) is 4.74 Å². The first-order chi connectivity index (χ1) is 11.6. The van der Waals surface area contributed by atoms with Gasteiger partial charge < -0.3 is 9.64 Å². The van der Waals surface area contributed by atoms with Gasteiger partial charge >= 0.3 is 0 Å². The number of fused-ring (bicyclic) bond motifs is 1. The summed E-state index contributed by atoms with van der Waals surface area (Å²) in [5, 5.41) is 2.44. The third-order valence-electron chi connectivity index (χ3n) is 3.60. The van der Waals surface area contributed by atoms with Crippen molar-refractivity contribution in [3.05, 3.63) is 59.6 Å². The van der Waals surface area contributed by atoms with Crippen LogP contribution in [0.25, 0.3) is 5.70 Å². The number of pyridine rings is 1. The molecular weight excluding hydrogens is 346 g/mol. The number of sulfonamides is 1. The molecule has 0 N–H and O–H groups in total. The van der Waals surface area contributed by atoms with Gasteiger partial charge in [-0.25, -0.2) is 13.4 Å². The highest BCUT2D eigenvalue weighted by Crippen LogP contribution is 2.36. The molecule has 0 bridgehead atoms. The van der Waals surface area contributed by atoms with Gasteiger partial charge in [0.25, 0.3) is 10.0 Å². The van der Waals surface area contributed by atoms with Crippen LogP contribution in [0.15, 0.2) is 58.5 Å². The van der Waals surface area contributed by atoms with E-state index in [1.165, 1.54) is 11.8 Å². The van der Waals surface area contributed by atoms with Gasteiger partial charge in [-0.2, -0.15) is 0 Å². The van der Waals surface area contributed by atoms with E-state index >= 15 is 0 Å². The SMILES string of the molecule is O=S1(=O)CCN2C(c3ccc(Oc4ccccn4)cc3)=CSC2=N1. The number of benzene rings is 1. The number of hydrogen-bond acceptors (Lipinski definition) is 6. The summed E-state index contributed by atoms with van der Waals surface area (Å²) < 4.78 is 32.7. The Morgan fingerprint density at radius 3 is 2.71 bits per heavy atom. The zero-order chi connectivity index (χ0) is 16.6. The lowest BCUT2D eigenvalue weighted by Gasteiger charge is -2.25. The van der Waals surface area contributed by atoms with Gasteiger partial charge in [0.2, 0.25) is 5.88 Å². The lowest BCUT2D eigenvalue weighted by molar-refractivity contribution is 0.463. The number of aromatic nitrogens is 1. The largest absolute Gasteiger partial charge is 0.439 e. The van der Waals surface area contributed by atoms with Gasteiger partial charge in [0.1, 0.15) is 5.75 Å². The predicted octanol–water partition coefficient (Wildman–Crippen LogP) is 2.92. The van der Waals surface area contributed by atoms with E-state index in [1.54, 1.807) is 12.3 Å². The minimum Gasteiger partial charge on any atom is -0.439 e. The summed E-state index contributed by atoms with van der Waals surface area (Å²) in [6.07, 6.45) is 1.68. The number of ether oxygens (including phenoxy) is 1. The Labute approximate surface area is 143 Å². The van der Waals surface area contributed by atoms with Crippen LogP contribution in [0.5, 0.6) is 11.6 Å². The smallest absolute Gasteiger partial charge is 0.257 e. The molecule has 24 heavy (non-hydrogen) atoms. The third-order valence-corrected chi connectivity index (χ3v) is 5.73. The molecule has 1 aromatic heterocycles. The molecular formula is C16H13N3O3S2. The fourth-order valence-electron chi connectivity index (χ4n) is 2.44. The lowest BCUT2D eigenvalue weighted by atomic mass is 10.1. The second-order valence-corrected chi connectivity index (χ2v) is 7.82. The second kappa shape index (κ2) is 5.95. The fraction of sp³-hybridized carbons (Fsp3) is 0.125. The second-order valence-electron chi connectivity index (χ2n) is 5.23. The van der Waals surface area contributed by atoms with E-state index in [-0.39, 0.29) is 5.75 Å². The van der Waals surface area contributed by atoms with Crippen LogP contribution in [-0.4, -0.2) is 35.8 Å². The number of amidine groups is 1. The molecule has 1 aromatic carbocycles. The molecule has 0 unspecified atom stereocenters. The van der Waals surface area contributed by atoms with Crippen molar-refractivity contribution < 1.29 is 13.2 Å².